The third kappa shape index (κ3) is 3.70. The average Bonchev–Trinajstić information content (AvgIpc) is 3.16. The van der Waals surface area contributed by atoms with Crippen LogP contribution in [0.15, 0.2) is 47.5 Å². The number of hydrogen-bond donors (Lipinski definition) is 2. The number of fused-ring (bicyclic) bond motifs is 1. The molecule has 2 N–H and O–H groups in total. The molecule has 1 amide bonds. The summed E-state index contributed by atoms with van der Waals surface area (Å²) in [5.41, 5.74) is 2.77. The van der Waals surface area contributed by atoms with Crippen LogP contribution in [0.4, 0.5) is 11.4 Å². The van der Waals surface area contributed by atoms with E-state index < -0.39 is 0 Å². The number of carbonyl (C=O) groups excluding carboxylic acids is 1. The Bertz CT molecular complexity index is 1120. The van der Waals surface area contributed by atoms with Crippen LogP contribution in [0.3, 0.4) is 0 Å². The first-order valence-electron chi connectivity index (χ1n) is 11.9. The summed E-state index contributed by atoms with van der Waals surface area (Å²) in [5.74, 6) is 2.27. The molecule has 3 fully saturated rings. The molecule has 7 heteroatoms. The summed E-state index contributed by atoms with van der Waals surface area (Å²) in [4.78, 5) is 20.0. The number of nitrogens with zero attached hydrogens (tertiary/aromatic N) is 2. The molecule has 4 atom stereocenters. The Morgan fingerprint density at radius 2 is 1.76 bits per heavy atom. The summed E-state index contributed by atoms with van der Waals surface area (Å²) < 4.78 is 0. The van der Waals surface area contributed by atoms with Crippen LogP contribution in [-0.4, -0.2) is 34.8 Å². The molecule has 1 spiro atoms. The van der Waals surface area contributed by atoms with Gasteiger partial charge in [0, 0.05) is 19.0 Å². The van der Waals surface area contributed by atoms with Crippen molar-refractivity contribution in [2.75, 3.05) is 17.2 Å². The monoisotopic (exact) mass is 482 g/mol. The quantitative estimate of drug-likeness (QED) is 0.553. The highest BCUT2D eigenvalue weighted by molar-refractivity contribution is 6.42. The van der Waals surface area contributed by atoms with Crippen molar-refractivity contribution in [3.05, 3.63) is 58.1 Å². The first-order chi connectivity index (χ1) is 16.0. The van der Waals surface area contributed by atoms with E-state index in [1.54, 1.807) is 0 Å². The molecule has 3 aliphatic heterocycles. The fraction of sp³-hybridized carbons (Fsp3) is 0.462. The zero-order valence-electron chi connectivity index (χ0n) is 18.5. The first-order valence-corrected chi connectivity index (χ1v) is 12.7. The second kappa shape index (κ2) is 8.21. The highest BCUT2D eigenvalue weighted by Crippen LogP contribution is 2.51. The maximum atomic E-state index is 12.7. The van der Waals surface area contributed by atoms with Crippen LogP contribution in [0, 0.1) is 11.8 Å². The van der Waals surface area contributed by atoms with Crippen molar-refractivity contribution in [1.82, 2.24) is 4.90 Å². The molecule has 0 unspecified atom stereocenters. The molecule has 33 heavy (non-hydrogen) atoms. The molecule has 6 rings (SSSR count). The minimum Gasteiger partial charge on any atom is -0.371 e. The van der Waals surface area contributed by atoms with Gasteiger partial charge in [-0.2, -0.15) is 0 Å². The summed E-state index contributed by atoms with van der Waals surface area (Å²) in [6, 6.07) is 14.5. The standard InChI is InChI=1S/C26H28Cl2N4O/c27-19-11-21-22(12-20(19)28)31-26(25(30-21)29-15-16-5-2-1-3-6-16)13-17-7-4-8-23(33)32-10-9-18(14-26)24(17)32/h1-3,5-6,11-12,17-18,24,31H,4,7-10,13-15H2,(H,29,30)/t17-,18+,24-,26+/m1/s1. The Hall–Kier alpha value is -2.24. The third-order valence-corrected chi connectivity index (χ3v) is 8.70. The molecule has 0 radical (unpaired) electrons. The Morgan fingerprint density at radius 1 is 1.03 bits per heavy atom. The second-order valence-corrected chi connectivity index (χ2v) is 10.8. The average molecular weight is 483 g/mol. The number of amidine groups is 1. The maximum absolute atomic E-state index is 12.7. The second-order valence-electron chi connectivity index (χ2n) is 9.98. The Kier molecular flexibility index (Phi) is 5.30. The van der Waals surface area contributed by atoms with Gasteiger partial charge in [0.1, 0.15) is 5.84 Å². The van der Waals surface area contributed by atoms with E-state index in [1.165, 1.54) is 5.56 Å². The number of amides is 1. The van der Waals surface area contributed by atoms with Crippen LogP contribution in [0.2, 0.25) is 10.0 Å². The zero-order chi connectivity index (χ0) is 22.6. The van der Waals surface area contributed by atoms with Gasteiger partial charge in [-0.05, 0) is 61.6 Å². The minimum atomic E-state index is -0.297. The lowest BCUT2D eigenvalue weighted by molar-refractivity contribution is -0.132. The van der Waals surface area contributed by atoms with E-state index >= 15 is 0 Å². The van der Waals surface area contributed by atoms with Gasteiger partial charge in [0.15, 0.2) is 0 Å². The van der Waals surface area contributed by atoms with Gasteiger partial charge in [-0.1, -0.05) is 53.5 Å². The fourth-order valence-corrected chi connectivity index (χ4v) is 6.95. The molecular weight excluding hydrogens is 455 g/mol. The van der Waals surface area contributed by atoms with Crippen LogP contribution in [-0.2, 0) is 11.3 Å². The topological polar surface area (TPSA) is 56.7 Å². The number of nitrogens with one attached hydrogen (secondary N) is 2. The highest BCUT2D eigenvalue weighted by atomic mass is 35.5. The van der Waals surface area contributed by atoms with Crippen LogP contribution in [0.25, 0.3) is 0 Å². The molecule has 1 aliphatic carbocycles. The molecule has 2 aromatic rings. The van der Waals surface area contributed by atoms with E-state index in [1.807, 2.05) is 18.2 Å². The van der Waals surface area contributed by atoms with E-state index in [2.05, 4.69) is 39.8 Å². The van der Waals surface area contributed by atoms with E-state index in [-0.39, 0.29) is 5.54 Å². The molecule has 0 aromatic heterocycles. The molecule has 1 saturated carbocycles. The lowest BCUT2D eigenvalue weighted by Gasteiger charge is -2.51. The molecule has 3 heterocycles. The summed E-state index contributed by atoms with van der Waals surface area (Å²) in [7, 11) is 0. The number of anilines is 2. The first kappa shape index (κ1) is 21.3. The number of halogens is 2. The third-order valence-electron chi connectivity index (χ3n) is 7.98. The van der Waals surface area contributed by atoms with Crippen molar-refractivity contribution < 1.29 is 4.79 Å². The van der Waals surface area contributed by atoms with Gasteiger partial charge in [-0.15, -0.1) is 0 Å². The number of benzene rings is 2. The van der Waals surface area contributed by atoms with Crippen LogP contribution >= 0.6 is 23.2 Å². The SMILES string of the molecule is O=C1CCC[C@@H]2C[C@@]3(C[C@@H]4CCN1[C@H]24)Nc1cc(Cl)c(Cl)cc1NC3=NCc1ccccc1. The summed E-state index contributed by atoms with van der Waals surface area (Å²) in [5, 5.41) is 8.59. The fourth-order valence-electron chi connectivity index (χ4n) is 6.62. The Morgan fingerprint density at radius 3 is 2.55 bits per heavy atom. The van der Waals surface area contributed by atoms with Crippen molar-refractivity contribution in [3.63, 3.8) is 0 Å². The molecule has 4 aliphatic rings. The van der Waals surface area contributed by atoms with Gasteiger partial charge in [-0.3, -0.25) is 9.79 Å². The van der Waals surface area contributed by atoms with Gasteiger partial charge in [0.2, 0.25) is 5.91 Å². The lowest BCUT2D eigenvalue weighted by atomic mass is 9.65. The number of rotatable bonds is 2. The highest BCUT2D eigenvalue weighted by Gasteiger charge is 2.55. The van der Waals surface area contributed by atoms with E-state index in [0.29, 0.717) is 46.8 Å². The van der Waals surface area contributed by atoms with Gasteiger partial charge in [0.25, 0.3) is 0 Å². The summed E-state index contributed by atoms with van der Waals surface area (Å²) in [6.45, 7) is 1.51. The minimum absolute atomic E-state index is 0.297. The van der Waals surface area contributed by atoms with Gasteiger partial charge < -0.3 is 15.5 Å². The van der Waals surface area contributed by atoms with Crippen molar-refractivity contribution >= 4 is 46.3 Å². The van der Waals surface area contributed by atoms with Crippen molar-refractivity contribution in [1.29, 1.82) is 0 Å². The smallest absolute Gasteiger partial charge is 0.222 e. The normalized spacial score (nSPS) is 31.6. The number of carbonyl (C=O) groups is 1. The van der Waals surface area contributed by atoms with E-state index in [4.69, 9.17) is 28.2 Å². The predicted octanol–water partition coefficient (Wildman–Crippen LogP) is 5.98. The van der Waals surface area contributed by atoms with E-state index in [0.717, 1.165) is 55.9 Å². The maximum Gasteiger partial charge on any atom is 0.222 e. The molecular formula is C26H28Cl2N4O. The largest absolute Gasteiger partial charge is 0.371 e. The van der Waals surface area contributed by atoms with Gasteiger partial charge >= 0.3 is 0 Å². The molecule has 172 valence electrons. The van der Waals surface area contributed by atoms with E-state index in [9.17, 15) is 4.79 Å². The summed E-state index contributed by atoms with van der Waals surface area (Å²) >= 11 is 12.7. The van der Waals surface area contributed by atoms with Gasteiger partial charge in [-0.25, -0.2) is 0 Å². The van der Waals surface area contributed by atoms with Crippen molar-refractivity contribution in [2.45, 2.75) is 56.7 Å². The zero-order valence-corrected chi connectivity index (χ0v) is 20.0. The van der Waals surface area contributed by atoms with Crippen LogP contribution in [0.5, 0.6) is 0 Å². The number of aliphatic imine (C=N–C) groups is 1. The van der Waals surface area contributed by atoms with Crippen LogP contribution < -0.4 is 10.6 Å². The molecule has 2 aromatic carbocycles. The molecule has 5 nitrogen and oxygen atoms in total. The Balaban J connectivity index is 1.40. The lowest BCUT2D eigenvalue weighted by Crippen LogP contribution is -2.60. The predicted molar refractivity (Wildman–Crippen MR) is 134 cm³/mol. The van der Waals surface area contributed by atoms with Crippen molar-refractivity contribution in [3.8, 4) is 0 Å². The number of hydrogen-bond acceptors (Lipinski definition) is 3. The van der Waals surface area contributed by atoms with Gasteiger partial charge in [0.05, 0.1) is 33.5 Å². The summed E-state index contributed by atoms with van der Waals surface area (Å²) in [6.07, 6.45) is 5.73. The van der Waals surface area contributed by atoms with Crippen LogP contribution in [0.1, 0.15) is 44.1 Å². The molecule has 2 saturated heterocycles. The Labute approximate surface area is 204 Å². The van der Waals surface area contributed by atoms with Crippen molar-refractivity contribution in [2.24, 2.45) is 16.8 Å². The molecule has 0 bridgehead atoms.